The molecular weight excluding hydrogens is 428 g/mol. The van der Waals surface area contributed by atoms with E-state index in [1.54, 1.807) is 17.0 Å². The van der Waals surface area contributed by atoms with E-state index in [1.807, 2.05) is 19.9 Å². The highest BCUT2D eigenvalue weighted by Gasteiger charge is 2.30. The first-order chi connectivity index (χ1) is 15.7. The van der Waals surface area contributed by atoms with E-state index >= 15 is 0 Å². The zero-order valence-corrected chi connectivity index (χ0v) is 19.2. The first-order valence-electron chi connectivity index (χ1n) is 11.2. The van der Waals surface area contributed by atoms with Gasteiger partial charge in [-0.2, -0.15) is 0 Å². The fraction of sp³-hybridized carbons (Fsp3) is 0.500. The Labute approximate surface area is 191 Å². The highest BCUT2D eigenvalue weighted by Crippen LogP contribution is 2.24. The van der Waals surface area contributed by atoms with Crippen LogP contribution in [0.25, 0.3) is 11.0 Å². The fourth-order valence-corrected chi connectivity index (χ4v) is 4.20. The van der Waals surface area contributed by atoms with Crippen molar-refractivity contribution >= 4 is 28.8 Å². The van der Waals surface area contributed by atoms with Gasteiger partial charge in [-0.15, -0.1) is 0 Å². The van der Waals surface area contributed by atoms with Crippen molar-refractivity contribution in [2.24, 2.45) is 5.92 Å². The number of nitrogens with zero attached hydrogens (tertiary/aromatic N) is 1. The van der Waals surface area contributed by atoms with Gasteiger partial charge < -0.3 is 24.5 Å². The molecule has 1 aromatic heterocycles. The summed E-state index contributed by atoms with van der Waals surface area (Å²) in [5.41, 5.74) is 1.11. The van der Waals surface area contributed by atoms with E-state index < -0.39 is 23.6 Å². The third-order valence-electron chi connectivity index (χ3n) is 6.29. The maximum absolute atomic E-state index is 12.8. The molecule has 0 radical (unpaired) electrons. The van der Waals surface area contributed by atoms with Crippen LogP contribution >= 0.6 is 0 Å². The summed E-state index contributed by atoms with van der Waals surface area (Å²) in [5, 5.41) is 12.7. The lowest BCUT2D eigenvalue weighted by molar-refractivity contribution is -0.146. The molecule has 1 atom stereocenters. The van der Waals surface area contributed by atoms with Crippen LogP contribution in [0.2, 0.25) is 0 Å². The molecule has 1 aliphatic heterocycles. The van der Waals surface area contributed by atoms with Crippen molar-refractivity contribution in [1.82, 2.24) is 10.2 Å². The van der Waals surface area contributed by atoms with Crippen LogP contribution in [0.5, 0.6) is 5.75 Å². The van der Waals surface area contributed by atoms with Crippen molar-refractivity contribution in [3.63, 3.8) is 0 Å². The molecule has 178 valence electrons. The SMILES string of the molecule is CCC(NC(=O)CCc1c(C)c2ccc(OC)cc2oc1=O)C(=O)N1CCC(C(=O)O)CC1. The van der Waals surface area contributed by atoms with Crippen molar-refractivity contribution in [3.05, 3.63) is 39.7 Å². The monoisotopic (exact) mass is 458 g/mol. The molecule has 0 bridgehead atoms. The van der Waals surface area contributed by atoms with Crippen LogP contribution in [-0.2, 0) is 20.8 Å². The van der Waals surface area contributed by atoms with Gasteiger partial charge in [-0.05, 0) is 50.3 Å². The number of piperidine rings is 1. The molecule has 3 rings (SSSR count). The average molecular weight is 459 g/mol. The number of amides is 2. The number of aliphatic carboxylic acids is 1. The molecule has 2 aromatic rings. The minimum absolute atomic E-state index is 0.0398. The van der Waals surface area contributed by atoms with Gasteiger partial charge in [0.1, 0.15) is 17.4 Å². The lowest BCUT2D eigenvalue weighted by Crippen LogP contribution is -2.51. The summed E-state index contributed by atoms with van der Waals surface area (Å²) in [6.07, 6.45) is 1.47. The number of carbonyl (C=O) groups excluding carboxylic acids is 2. The molecule has 1 unspecified atom stereocenters. The standard InChI is InChI=1S/C24H30N2O7/c1-4-19(22(28)26-11-9-15(10-12-26)23(29)30)25-21(27)8-7-18-14(2)17-6-5-16(32-3)13-20(17)33-24(18)31/h5-6,13,15,19H,4,7-12H2,1-3H3,(H,25,27)(H,29,30). The lowest BCUT2D eigenvalue weighted by Gasteiger charge is -2.32. The molecule has 0 aliphatic carbocycles. The van der Waals surface area contributed by atoms with Crippen LogP contribution in [0, 0.1) is 12.8 Å². The van der Waals surface area contributed by atoms with Crippen LogP contribution in [-0.4, -0.2) is 54.0 Å². The molecule has 2 amide bonds. The van der Waals surface area contributed by atoms with Crippen molar-refractivity contribution in [1.29, 1.82) is 0 Å². The second-order valence-corrected chi connectivity index (χ2v) is 8.32. The molecule has 33 heavy (non-hydrogen) atoms. The summed E-state index contributed by atoms with van der Waals surface area (Å²) in [4.78, 5) is 50.6. The molecule has 9 heteroatoms. The molecule has 1 saturated heterocycles. The molecular formula is C24H30N2O7. The Morgan fingerprint density at radius 1 is 1.27 bits per heavy atom. The second-order valence-electron chi connectivity index (χ2n) is 8.32. The Bertz CT molecular complexity index is 1100. The number of ether oxygens (including phenoxy) is 1. The minimum Gasteiger partial charge on any atom is -0.497 e. The van der Waals surface area contributed by atoms with Gasteiger partial charge in [0, 0.05) is 36.5 Å². The van der Waals surface area contributed by atoms with Crippen LogP contribution in [0.3, 0.4) is 0 Å². The Hall–Kier alpha value is -3.36. The van der Waals surface area contributed by atoms with E-state index in [1.165, 1.54) is 7.11 Å². The van der Waals surface area contributed by atoms with Gasteiger partial charge in [-0.25, -0.2) is 4.79 Å². The topological polar surface area (TPSA) is 126 Å². The predicted molar refractivity (Wildman–Crippen MR) is 121 cm³/mol. The number of methoxy groups -OCH3 is 1. The number of aryl methyl sites for hydroxylation is 1. The van der Waals surface area contributed by atoms with Gasteiger partial charge in [0.25, 0.3) is 0 Å². The smallest absolute Gasteiger partial charge is 0.339 e. The van der Waals surface area contributed by atoms with E-state index in [-0.39, 0.29) is 24.7 Å². The number of carboxylic acid groups (broad SMARTS) is 1. The number of likely N-dealkylation sites (tertiary alicyclic amines) is 1. The summed E-state index contributed by atoms with van der Waals surface area (Å²) in [5.74, 6) is -1.22. The number of fused-ring (bicyclic) bond motifs is 1. The molecule has 0 saturated carbocycles. The lowest BCUT2D eigenvalue weighted by atomic mass is 9.96. The third-order valence-corrected chi connectivity index (χ3v) is 6.29. The largest absolute Gasteiger partial charge is 0.497 e. The van der Waals surface area contributed by atoms with E-state index in [4.69, 9.17) is 14.3 Å². The Balaban J connectivity index is 1.62. The minimum atomic E-state index is -0.838. The third kappa shape index (κ3) is 5.53. The highest BCUT2D eigenvalue weighted by atomic mass is 16.5. The maximum Gasteiger partial charge on any atom is 0.339 e. The van der Waals surface area contributed by atoms with E-state index in [2.05, 4.69) is 5.32 Å². The number of carbonyl (C=O) groups is 3. The molecule has 2 N–H and O–H groups in total. The van der Waals surface area contributed by atoms with Crippen LogP contribution in [0.4, 0.5) is 0 Å². The number of carboxylic acids is 1. The molecule has 1 aliphatic rings. The first-order valence-corrected chi connectivity index (χ1v) is 11.2. The summed E-state index contributed by atoms with van der Waals surface area (Å²) in [6, 6.07) is 4.56. The molecule has 0 spiro atoms. The quantitative estimate of drug-likeness (QED) is 0.581. The van der Waals surface area contributed by atoms with E-state index in [9.17, 15) is 19.2 Å². The number of hydrogen-bond donors (Lipinski definition) is 2. The number of benzene rings is 1. The van der Waals surface area contributed by atoms with Crippen molar-refractivity contribution < 1.29 is 28.6 Å². The number of hydrogen-bond acceptors (Lipinski definition) is 6. The molecule has 2 heterocycles. The van der Waals surface area contributed by atoms with Gasteiger partial charge in [-0.1, -0.05) is 6.92 Å². The van der Waals surface area contributed by atoms with Crippen molar-refractivity contribution in [3.8, 4) is 5.75 Å². The van der Waals surface area contributed by atoms with Gasteiger partial charge in [0.15, 0.2) is 0 Å². The second kappa shape index (κ2) is 10.5. The van der Waals surface area contributed by atoms with E-state index in [0.29, 0.717) is 49.2 Å². The van der Waals surface area contributed by atoms with E-state index in [0.717, 1.165) is 10.9 Å². The zero-order valence-electron chi connectivity index (χ0n) is 19.2. The summed E-state index contributed by atoms with van der Waals surface area (Å²) in [6.45, 7) is 4.36. The van der Waals surface area contributed by atoms with Crippen LogP contribution < -0.4 is 15.7 Å². The summed E-state index contributed by atoms with van der Waals surface area (Å²) in [7, 11) is 1.53. The van der Waals surface area contributed by atoms with Gasteiger partial charge >= 0.3 is 11.6 Å². The average Bonchev–Trinajstić information content (AvgIpc) is 2.81. The van der Waals surface area contributed by atoms with Gasteiger partial charge in [0.2, 0.25) is 11.8 Å². The van der Waals surface area contributed by atoms with Crippen molar-refractivity contribution in [2.45, 2.75) is 52.0 Å². The van der Waals surface area contributed by atoms with Gasteiger partial charge in [0.05, 0.1) is 13.0 Å². The van der Waals surface area contributed by atoms with Crippen molar-refractivity contribution in [2.75, 3.05) is 20.2 Å². The maximum atomic E-state index is 12.8. The normalized spacial score (nSPS) is 15.3. The predicted octanol–water partition coefficient (Wildman–Crippen LogP) is 2.26. The number of nitrogens with one attached hydrogen (secondary N) is 1. The Morgan fingerprint density at radius 3 is 2.58 bits per heavy atom. The fourth-order valence-electron chi connectivity index (χ4n) is 4.20. The summed E-state index contributed by atoms with van der Waals surface area (Å²) < 4.78 is 10.6. The van der Waals surface area contributed by atoms with Crippen LogP contribution in [0.15, 0.2) is 27.4 Å². The molecule has 9 nitrogen and oxygen atoms in total. The summed E-state index contributed by atoms with van der Waals surface area (Å²) >= 11 is 0. The zero-order chi connectivity index (χ0) is 24.1. The molecule has 1 fully saturated rings. The first kappa shape index (κ1) is 24.3. The van der Waals surface area contributed by atoms with Crippen LogP contribution in [0.1, 0.15) is 43.7 Å². The molecule has 1 aromatic carbocycles. The van der Waals surface area contributed by atoms with Gasteiger partial charge in [-0.3, -0.25) is 14.4 Å². The number of rotatable bonds is 8. The Morgan fingerprint density at radius 2 is 1.97 bits per heavy atom. The highest BCUT2D eigenvalue weighted by molar-refractivity contribution is 5.88. The Kier molecular flexibility index (Phi) is 7.73.